The van der Waals surface area contributed by atoms with Gasteiger partial charge in [0.2, 0.25) is 5.91 Å². The van der Waals surface area contributed by atoms with Crippen molar-refractivity contribution in [2.45, 2.75) is 44.7 Å². The molecule has 0 spiro atoms. The maximum absolute atomic E-state index is 13.0. The van der Waals surface area contributed by atoms with Gasteiger partial charge in [0.15, 0.2) is 0 Å². The van der Waals surface area contributed by atoms with Crippen molar-refractivity contribution in [2.24, 2.45) is 5.92 Å². The van der Waals surface area contributed by atoms with Gasteiger partial charge in [0, 0.05) is 38.3 Å². The highest BCUT2D eigenvalue weighted by atomic mass is 35.5. The van der Waals surface area contributed by atoms with Gasteiger partial charge in [-0.3, -0.25) is 9.69 Å². The smallest absolute Gasteiger partial charge is 0.236 e. The van der Waals surface area contributed by atoms with Gasteiger partial charge in [0.05, 0.1) is 19.7 Å². The third kappa shape index (κ3) is 5.15. The molecule has 3 rings (SSSR count). The van der Waals surface area contributed by atoms with Crippen LogP contribution in [0.5, 0.6) is 5.75 Å². The van der Waals surface area contributed by atoms with E-state index in [1.807, 2.05) is 30.1 Å². The average molecular weight is 396 g/mol. The van der Waals surface area contributed by atoms with Gasteiger partial charge >= 0.3 is 0 Å². The van der Waals surface area contributed by atoms with E-state index in [0.717, 1.165) is 37.4 Å². The Balaban J connectivity index is 0.00000261. The number of halogens is 1. The highest BCUT2D eigenvalue weighted by Crippen LogP contribution is 2.31. The van der Waals surface area contributed by atoms with Crippen molar-refractivity contribution >= 4 is 18.3 Å². The van der Waals surface area contributed by atoms with Gasteiger partial charge < -0.3 is 15.0 Å². The van der Waals surface area contributed by atoms with Gasteiger partial charge in [-0.1, -0.05) is 38.0 Å². The van der Waals surface area contributed by atoms with E-state index in [1.54, 1.807) is 7.11 Å². The minimum Gasteiger partial charge on any atom is -0.496 e. The Morgan fingerprint density at radius 1 is 1.30 bits per heavy atom. The van der Waals surface area contributed by atoms with Gasteiger partial charge in [0.1, 0.15) is 5.75 Å². The number of nitrogens with one attached hydrogen (secondary N) is 1. The molecule has 27 heavy (non-hydrogen) atoms. The van der Waals surface area contributed by atoms with Crippen molar-refractivity contribution in [1.29, 1.82) is 0 Å². The zero-order valence-electron chi connectivity index (χ0n) is 16.8. The Bertz CT molecular complexity index is 613. The molecule has 2 fully saturated rings. The molecule has 1 amide bonds. The number of amides is 1. The molecule has 0 radical (unpaired) electrons. The minimum atomic E-state index is 0. The standard InChI is InChI=1S/C21H33N3O2.ClH/c1-16-8-4-6-10-18(16)23(2)21(25)15-24-13-12-22-14-19(24)17-9-5-7-11-20(17)26-3;/h5,7,9,11,16,18-19,22H,4,6,8,10,12-15H2,1-3H3;1H. The van der Waals surface area contributed by atoms with Gasteiger partial charge in [-0.2, -0.15) is 0 Å². The second-order valence-corrected chi connectivity index (χ2v) is 7.77. The quantitative estimate of drug-likeness (QED) is 0.832. The maximum Gasteiger partial charge on any atom is 0.236 e. The number of hydrogen-bond donors (Lipinski definition) is 1. The van der Waals surface area contributed by atoms with Crippen LogP contribution in [0.2, 0.25) is 0 Å². The molecule has 3 atom stereocenters. The first-order valence-electron chi connectivity index (χ1n) is 9.95. The molecule has 0 aromatic heterocycles. The van der Waals surface area contributed by atoms with E-state index >= 15 is 0 Å². The van der Waals surface area contributed by atoms with E-state index in [4.69, 9.17) is 4.74 Å². The van der Waals surface area contributed by atoms with Gasteiger partial charge in [-0.05, 0) is 24.8 Å². The molecule has 6 heteroatoms. The molecule has 1 aliphatic carbocycles. The Hall–Kier alpha value is -1.30. The number of rotatable bonds is 5. The third-order valence-corrected chi connectivity index (χ3v) is 6.15. The first-order valence-corrected chi connectivity index (χ1v) is 9.95. The van der Waals surface area contributed by atoms with E-state index in [0.29, 0.717) is 18.5 Å². The van der Waals surface area contributed by atoms with Crippen LogP contribution in [-0.4, -0.2) is 62.1 Å². The summed E-state index contributed by atoms with van der Waals surface area (Å²) in [6.45, 7) is 5.41. The van der Waals surface area contributed by atoms with E-state index in [2.05, 4.69) is 23.2 Å². The summed E-state index contributed by atoms with van der Waals surface area (Å²) in [5, 5.41) is 3.47. The number of carbonyl (C=O) groups excluding carboxylic acids is 1. The number of hydrogen-bond acceptors (Lipinski definition) is 4. The lowest BCUT2D eigenvalue weighted by Gasteiger charge is -2.40. The van der Waals surface area contributed by atoms with Crippen LogP contribution in [0.25, 0.3) is 0 Å². The highest BCUT2D eigenvalue weighted by molar-refractivity contribution is 5.85. The largest absolute Gasteiger partial charge is 0.496 e. The maximum atomic E-state index is 13.0. The predicted octanol–water partition coefficient (Wildman–Crippen LogP) is 3.10. The molecule has 1 saturated heterocycles. The van der Waals surface area contributed by atoms with Gasteiger partial charge in [-0.15, -0.1) is 12.4 Å². The van der Waals surface area contributed by atoms with Crippen molar-refractivity contribution < 1.29 is 9.53 Å². The topological polar surface area (TPSA) is 44.8 Å². The molecule has 1 saturated carbocycles. The van der Waals surface area contributed by atoms with Crippen molar-refractivity contribution in [1.82, 2.24) is 15.1 Å². The van der Waals surface area contributed by atoms with Crippen molar-refractivity contribution in [3.63, 3.8) is 0 Å². The van der Waals surface area contributed by atoms with Crippen molar-refractivity contribution in [3.8, 4) is 5.75 Å². The zero-order chi connectivity index (χ0) is 18.5. The Kier molecular flexibility index (Phi) is 8.39. The number of piperazine rings is 1. The van der Waals surface area contributed by atoms with Crippen LogP contribution in [0.1, 0.15) is 44.2 Å². The first kappa shape index (κ1) is 22.0. The number of benzene rings is 1. The fraction of sp³-hybridized carbons (Fsp3) is 0.667. The SMILES string of the molecule is COc1ccccc1C1CNCCN1CC(=O)N(C)C1CCCCC1C.Cl. The lowest BCUT2D eigenvalue weighted by Crippen LogP contribution is -2.52. The fourth-order valence-corrected chi connectivity index (χ4v) is 4.53. The van der Waals surface area contributed by atoms with E-state index in [1.165, 1.54) is 19.3 Å². The molecular formula is C21H34ClN3O2. The highest BCUT2D eigenvalue weighted by Gasteiger charge is 2.32. The Labute approximate surface area is 169 Å². The second kappa shape index (κ2) is 10.3. The third-order valence-electron chi connectivity index (χ3n) is 6.15. The van der Waals surface area contributed by atoms with Crippen LogP contribution >= 0.6 is 12.4 Å². The molecule has 1 aliphatic heterocycles. The molecule has 1 heterocycles. The predicted molar refractivity (Wildman–Crippen MR) is 112 cm³/mol. The number of ether oxygens (including phenoxy) is 1. The molecule has 2 aliphatic rings. The summed E-state index contributed by atoms with van der Waals surface area (Å²) in [6.07, 6.45) is 4.91. The van der Waals surface area contributed by atoms with Crippen LogP contribution in [0.4, 0.5) is 0 Å². The number of likely N-dealkylation sites (N-methyl/N-ethyl adjacent to an activating group) is 1. The van der Waals surface area contributed by atoms with E-state index in [-0.39, 0.29) is 24.4 Å². The normalized spacial score (nSPS) is 26.1. The van der Waals surface area contributed by atoms with Gasteiger partial charge in [0.25, 0.3) is 0 Å². The average Bonchev–Trinajstić information content (AvgIpc) is 2.68. The molecule has 152 valence electrons. The summed E-state index contributed by atoms with van der Waals surface area (Å²) in [7, 11) is 3.71. The van der Waals surface area contributed by atoms with Crippen LogP contribution < -0.4 is 10.1 Å². The monoisotopic (exact) mass is 395 g/mol. The Morgan fingerprint density at radius 2 is 2.04 bits per heavy atom. The summed E-state index contributed by atoms with van der Waals surface area (Å²) in [6, 6.07) is 8.71. The summed E-state index contributed by atoms with van der Waals surface area (Å²) in [4.78, 5) is 17.3. The molecule has 0 bridgehead atoms. The lowest BCUT2D eigenvalue weighted by atomic mass is 9.85. The molecule has 3 unspecified atom stereocenters. The molecule has 5 nitrogen and oxygen atoms in total. The zero-order valence-corrected chi connectivity index (χ0v) is 17.6. The van der Waals surface area contributed by atoms with Crippen LogP contribution in [0, 0.1) is 5.92 Å². The van der Waals surface area contributed by atoms with Crippen molar-refractivity contribution in [2.75, 3.05) is 40.3 Å². The molecule has 1 N–H and O–H groups in total. The summed E-state index contributed by atoms with van der Waals surface area (Å²) < 4.78 is 5.56. The number of carbonyl (C=O) groups is 1. The van der Waals surface area contributed by atoms with E-state index in [9.17, 15) is 4.79 Å². The molecular weight excluding hydrogens is 362 g/mol. The van der Waals surface area contributed by atoms with Crippen molar-refractivity contribution in [3.05, 3.63) is 29.8 Å². The van der Waals surface area contributed by atoms with E-state index < -0.39 is 0 Å². The number of para-hydroxylation sites is 1. The number of nitrogens with zero attached hydrogens (tertiary/aromatic N) is 2. The lowest BCUT2D eigenvalue weighted by molar-refractivity contribution is -0.135. The number of methoxy groups -OCH3 is 1. The molecule has 1 aromatic rings. The summed E-state index contributed by atoms with van der Waals surface area (Å²) in [5.74, 6) is 1.74. The van der Waals surface area contributed by atoms with Gasteiger partial charge in [-0.25, -0.2) is 0 Å². The minimum absolute atomic E-state index is 0. The van der Waals surface area contributed by atoms with Crippen LogP contribution in [0.15, 0.2) is 24.3 Å². The molecule has 1 aromatic carbocycles. The fourth-order valence-electron chi connectivity index (χ4n) is 4.53. The summed E-state index contributed by atoms with van der Waals surface area (Å²) in [5.41, 5.74) is 1.16. The second-order valence-electron chi connectivity index (χ2n) is 7.77. The summed E-state index contributed by atoms with van der Waals surface area (Å²) >= 11 is 0. The first-order chi connectivity index (χ1) is 12.6. The van der Waals surface area contributed by atoms with Crippen LogP contribution in [-0.2, 0) is 4.79 Å². The van der Waals surface area contributed by atoms with Crippen LogP contribution in [0.3, 0.4) is 0 Å². The Morgan fingerprint density at radius 3 is 2.78 bits per heavy atom.